The monoisotopic (exact) mass is 222 g/mol. The fourth-order valence-electron chi connectivity index (χ4n) is 3.45. The van der Waals surface area contributed by atoms with E-state index in [-0.39, 0.29) is 0 Å². The van der Waals surface area contributed by atoms with Gasteiger partial charge in [0.2, 0.25) is 0 Å². The first-order chi connectivity index (χ1) is 7.64. The van der Waals surface area contributed by atoms with Crippen LogP contribution < -0.4 is 0 Å². The summed E-state index contributed by atoms with van der Waals surface area (Å²) in [6, 6.07) is 3.30. The van der Waals surface area contributed by atoms with Gasteiger partial charge in [0.1, 0.15) is 0 Å². The maximum atomic E-state index is 10.6. The zero-order chi connectivity index (χ0) is 11.6. The summed E-state index contributed by atoms with van der Waals surface area (Å²) in [5.74, 6) is 0. The van der Waals surface area contributed by atoms with Crippen LogP contribution >= 0.6 is 0 Å². The molecular weight excluding hydrogens is 200 g/mol. The van der Waals surface area contributed by atoms with Crippen molar-refractivity contribution in [1.29, 1.82) is 5.26 Å². The Morgan fingerprint density at radius 2 is 2.00 bits per heavy atom. The molecule has 0 spiro atoms. The van der Waals surface area contributed by atoms with E-state index in [1.807, 2.05) is 0 Å². The summed E-state index contributed by atoms with van der Waals surface area (Å²) < 4.78 is 0. The first-order valence-corrected chi connectivity index (χ1v) is 6.46. The molecule has 0 radical (unpaired) electrons. The molecule has 0 aliphatic carbocycles. The molecule has 2 bridgehead atoms. The minimum atomic E-state index is -0.487. The number of rotatable bonds is 3. The normalized spacial score (nSPS) is 39.3. The van der Waals surface area contributed by atoms with Crippen LogP contribution in [0.25, 0.3) is 0 Å². The van der Waals surface area contributed by atoms with E-state index in [0.717, 1.165) is 25.7 Å². The molecule has 0 saturated carbocycles. The van der Waals surface area contributed by atoms with Crippen LogP contribution in [-0.2, 0) is 0 Å². The molecule has 2 aliphatic heterocycles. The molecule has 2 unspecified atom stereocenters. The lowest BCUT2D eigenvalue weighted by atomic mass is 9.74. The smallest absolute Gasteiger partial charge is 0.0678 e. The summed E-state index contributed by atoms with van der Waals surface area (Å²) in [7, 11) is 2.20. The minimum Gasteiger partial charge on any atom is -0.390 e. The van der Waals surface area contributed by atoms with Crippen LogP contribution in [0.5, 0.6) is 0 Å². The molecule has 90 valence electrons. The molecule has 16 heavy (non-hydrogen) atoms. The number of unbranched alkanes of at least 4 members (excludes halogenated alkanes) is 1. The first kappa shape index (κ1) is 11.9. The van der Waals surface area contributed by atoms with Crippen molar-refractivity contribution in [3.63, 3.8) is 0 Å². The van der Waals surface area contributed by atoms with Crippen LogP contribution in [0, 0.1) is 11.3 Å². The molecule has 0 aromatic carbocycles. The minimum absolute atomic E-state index is 0.487. The molecule has 0 amide bonds. The molecule has 1 N–H and O–H groups in total. The number of fused-ring (bicyclic) bond motifs is 2. The molecule has 3 heteroatoms. The van der Waals surface area contributed by atoms with E-state index in [1.54, 1.807) is 0 Å². The van der Waals surface area contributed by atoms with Gasteiger partial charge in [0.25, 0.3) is 0 Å². The third-order valence-corrected chi connectivity index (χ3v) is 4.39. The van der Waals surface area contributed by atoms with E-state index >= 15 is 0 Å². The fraction of sp³-hybridized carbons (Fsp3) is 0.923. The van der Waals surface area contributed by atoms with Gasteiger partial charge in [-0.1, -0.05) is 6.42 Å². The zero-order valence-corrected chi connectivity index (χ0v) is 10.2. The van der Waals surface area contributed by atoms with Crippen LogP contribution in [0.4, 0.5) is 0 Å². The molecule has 2 atom stereocenters. The maximum absolute atomic E-state index is 10.6. The van der Waals surface area contributed by atoms with Gasteiger partial charge in [-0.25, -0.2) is 0 Å². The second-order valence-corrected chi connectivity index (χ2v) is 5.55. The lowest BCUT2D eigenvalue weighted by molar-refractivity contribution is -0.0874. The van der Waals surface area contributed by atoms with Crippen molar-refractivity contribution in [2.75, 3.05) is 7.05 Å². The summed E-state index contributed by atoms with van der Waals surface area (Å²) in [5, 5.41) is 19.1. The lowest BCUT2D eigenvalue weighted by Gasteiger charge is -2.50. The van der Waals surface area contributed by atoms with Crippen molar-refractivity contribution < 1.29 is 5.11 Å². The average molecular weight is 222 g/mol. The largest absolute Gasteiger partial charge is 0.390 e. The standard InChI is InChI=1S/C13H22N2O/c1-15-11-5-4-6-12(15)10-13(16,9-11)7-2-3-8-14/h11-12,16H,2-7,9-10H2,1H3. The number of nitrogens with zero attached hydrogens (tertiary/aromatic N) is 2. The van der Waals surface area contributed by atoms with Crippen molar-refractivity contribution in [3.05, 3.63) is 0 Å². The van der Waals surface area contributed by atoms with Crippen molar-refractivity contribution >= 4 is 0 Å². The summed E-state index contributed by atoms with van der Waals surface area (Å²) in [6.07, 6.45) is 7.82. The van der Waals surface area contributed by atoms with Crippen LogP contribution in [0.15, 0.2) is 0 Å². The molecule has 0 aromatic rings. The van der Waals surface area contributed by atoms with Gasteiger partial charge >= 0.3 is 0 Å². The Kier molecular flexibility index (Phi) is 3.51. The molecule has 2 rings (SSSR count). The van der Waals surface area contributed by atoms with Crippen molar-refractivity contribution in [2.45, 2.75) is 69.1 Å². The van der Waals surface area contributed by atoms with E-state index in [4.69, 9.17) is 5.26 Å². The molecule has 3 nitrogen and oxygen atoms in total. The molecule has 2 heterocycles. The first-order valence-electron chi connectivity index (χ1n) is 6.46. The van der Waals surface area contributed by atoms with E-state index in [9.17, 15) is 5.11 Å². The van der Waals surface area contributed by atoms with Gasteiger partial charge in [0.15, 0.2) is 0 Å². The van der Waals surface area contributed by atoms with Gasteiger partial charge in [-0.05, 0) is 45.6 Å². The fourth-order valence-corrected chi connectivity index (χ4v) is 3.45. The molecule has 0 aromatic heterocycles. The highest BCUT2D eigenvalue weighted by Gasteiger charge is 2.43. The van der Waals surface area contributed by atoms with Gasteiger partial charge in [0.05, 0.1) is 11.7 Å². The average Bonchev–Trinajstić information content (AvgIpc) is 2.21. The lowest BCUT2D eigenvalue weighted by Crippen LogP contribution is -2.56. The van der Waals surface area contributed by atoms with Crippen LogP contribution in [0.2, 0.25) is 0 Å². The maximum Gasteiger partial charge on any atom is 0.0678 e. The molecular formula is C13H22N2O. The Morgan fingerprint density at radius 1 is 1.38 bits per heavy atom. The van der Waals surface area contributed by atoms with Gasteiger partial charge in [0, 0.05) is 18.5 Å². The summed E-state index contributed by atoms with van der Waals surface area (Å²) in [4.78, 5) is 2.46. The van der Waals surface area contributed by atoms with Crippen molar-refractivity contribution in [3.8, 4) is 6.07 Å². The predicted molar refractivity (Wildman–Crippen MR) is 62.8 cm³/mol. The number of nitriles is 1. The zero-order valence-electron chi connectivity index (χ0n) is 10.2. The Morgan fingerprint density at radius 3 is 2.56 bits per heavy atom. The Bertz CT molecular complexity index is 270. The van der Waals surface area contributed by atoms with Crippen LogP contribution in [-0.4, -0.2) is 34.7 Å². The Labute approximate surface area is 98.1 Å². The van der Waals surface area contributed by atoms with Crippen molar-refractivity contribution in [1.82, 2.24) is 4.90 Å². The Hall–Kier alpha value is -0.590. The summed E-state index contributed by atoms with van der Waals surface area (Å²) >= 11 is 0. The van der Waals surface area contributed by atoms with Crippen LogP contribution in [0.1, 0.15) is 51.4 Å². The molecule has 2 aliphatic rings. The quantitative estimate of drug-likeness (QED) is 0.743. The second kappa shape index (κ2) is 4.73. The predicted octanol–water partition coefficient (Wildman–Crippen LogP) is 2.06. The topological polar surface area (TPSA) is 47.3 Å². The van der Waals surface area contributed by atoms with Gasteiger partial charge in [-0.2, -0.15) is 5.26 Å². The summed E-state index contributed by atoms with van der Waals surface area (Å²) in [6.45, 7) is 0. The summed E-state index contributed by atoms with van der Waals surface area (Å²) in [5.41, 5.74) is -0.487. The number of hydrogen-bond donors (Lipinski definition) is 1. The third-order valence-electron chi connectivity index (χ3n) is 4.39. The van der Waals surface area contributed by atoms with Gasteiger partial charge in [-0.15, -0.1) is 0 Å². The van der Waals surface area contributed by atoms with Crippen LogP contribution in [0.3, 0.4) is 0 Å². The highest BCUT2D eigenvalue weighted by atomic mass is 16.3. The van der Waals surface area contributed by atoms with E-state index < -0.39 is 5.60 Å². The molecule has 2 fully saturated rings. The highest BCUT2D eigenvalue weighted by Crippen LogP contribution is 2.40. The second-order valence-electron chi connectivity index (χ2n) is 5.55. The SMILES string of the molecule is CN1C2CCCC1CC(O)(CCCC#N)C2. The number of aliphatic hydroxyl groups is 1. The number of hydrogen-bond acceptors (Lipinski definition) is 3. The van der Waals surface area contributed by atoms with Crippen molar-refractivity contribution in [2.24, 2.45) is 0 Å². The van der Waals surface area contributed by atoms with Gasteiger partial charge < -0.3 is 10.0 Å². The third kappa shape index (κ3) is 2.39. The molecule has 2 saturated heterocycles. The number of piperidine rings is 2. The van der Waals surface area contributed by atoms with E-state index in [1.165, 1.54) is 19.3 Å². The van der Waals surface area contributed by atoms with E-state index in [0.29, 0.717) is 18.5 Å². The Balaban J connectivity index is 1.95. The van der Waals surface area contributed by atoms with Gasteiger partial charge in [-0.3, -0.25) is 0 Å². The van der Waals surface area contributed by atoms with E-state index in [2.05, 4.69) is 18.0 Å². The highest BCUT2D eigenvalue weighted by molar-refractivity contribution is 4.98.